The lowest BCUT2D eigenvalue weighted by atomic mass is 10.1. The van der Waals surface area contributed by atoms with Crippen molar-refractivity contribution in [3.8, 4) is 5.75 Å². The average Bonchev–Trinajstić information content (AvgIpc) is 2.65. The fraction of sp³-hybridized carbons (Fsp3) is 0.150. The van der Waals surface area contributed by atoms with Crippen LogP contribution >= 0.6 is 11.6 Å². The summed E-state index contributed by atoms with van der Waals surface area (Å²) in [5, 5.41) is 6.46. The molecule has 138 valence electrons. The number of benzene rings is 2. The fourth-order valence-electron chi connectivity index (χ4n) is 2.50. The van der Waals surface area contributed by atoms with Crippen LogP contribution in [-0.2, 0) is 0 Å². The summed E-state index contributed by atoms with van der Waals surface area (Å²) in [7, 11) is 1.56. The molecule has 27 heavy (non-hydrogen) atoms. The molecular weight excluding hydrogens is 364 g/mol. The molecular formula is C20H19ClN4O2. The summed E-state index contributed by atoms with van der Waals surface area (Å²) in [5.74, 6) is 0.546. The first-order valence-electron chi connectivity index (χ1n) is 8.28. The van der Waals surface area contributed by atoms with Crippen molar-refractivity contribution < 1.29 is 9.53 Å². The largest absolute Gasteiger partial charge is 0.495 e. The Morgan fingerprint density at radius 1 is 1.07 bits per heavy atom. The summed E-state index contributed by atoms with van der Waals surface area (Å²) in [5.41, 5.74) is 3.65. The summed E-state index contributed by atoms with van der Waals surface area (Å²) in [6.45, 7) is 3.91. The molecule has 1 amide bonds. The third kappa shape index (κ3) is 4.54. The summed E-state index contributed by atoms with van der Waals surface area (Å²) in [4.78, 5) is 21.0. The van der Waals surface area contributed by atoms with Crippen LogP contribution < -0.4 is 15.4 Å². The summed E-state index contributed by atoms with van der Waals surface area (Å²) in [6.07, 6.45) is 1.52. The topological polar surface area (TPSA) is 76.1 Å². The van der Waals surface area contributed by atoms with Crippen molar-refractivity contribution in [3.05, 3.63) is 70.5 Å². The van der Waals surface area contributed by atoms with Crippen molar-refractivity contribution in [3.63, 3.8) is 0 Å². The Bertz CT molecular complexity index is 991. The predicted octanol–water partition coefficient (Wildman–Crippen LogP) is 4.75. The van der Waals surface area contributed by atoms with Crippen molar-refractivity contribution in [2.24, 2.45) is 0 Å². The van der Waals surface area contributed by atoms with Crippen molar-refractivity contribution >= 4 is 34.8 Å². The van der Waals surface area contributed by atoms with E-state index in [0.717, 1.165) is 16.8 Å². The molecule has 0 unspecified atom stereocenters. The first-order valence-corrected chi connectivity index (χ1v) is 8.66. The van der Waals surface area contributed by atoms with E-state index >= 15 is 0 Å². The molecule has 0 radical (unpaired) electrons. The lowest BCUT2D eigenvalue weighted by Gasteiger charge is -2.12. The Labute approximate surface area is 162 Å². The minimum Gasteiger partial charge on any atom is -0.495 e. The van der Waals surface area contributed by atoms with Gasteiger partial charge in [0.15, 0.2) is 0 Å². The predicted molar refractivity (Wildman–Crippen MR) is 107 cm³/mol. The first kappa shape index (κ1) is 18.7. The van der Waals surface area contributed by atoms with Gasteiger partial charge >= 0.3 is 0 Å². The maximum absolute atomic E-state index is 12.6. The van der Waals surface area contributed by atoms with Gasteiger partial charge in [0, 0.05) is 16.9 Å². The smallest absolute Gasteiger partial charge is 0.274 e. The molecule has 0 spiro atoms. The quantitative estimate of drug-likeness (QED) is 0.665. The van der Waals surface area contributed by atoms with Gasteiger partial charge in [-0.2, -0.15) is 0 Å². The Hall–Kier alpha value is -3.12. The molecule has 2 N–H and O–H groups in total. The van der Waals surface area contributed by atoms with Gasteiger partial charge in [0.1, 0.15) is 11.4 Å². The minimum atomic E-state index is -0.313. The van der Waals surface area contributed by atoms with Gasteiger partial charge in [0.2, 0.25) is 5.95 Å². The van der Waals surface area contributed by atoms with E-state index in [1.165, 1.54) is 6.20 Å². The zero-order valence-corrected chi connectivity index (χ0v) is 16.0. The van der Waals surface area contributed by atoms with Gasteiger partial charge in [0.25, 0.3) is 5.91 Å². The number of ether oxygens (including phenoxy) is 1. The van der Waals surface area contributed by atoms with Gasteiger partial charge < -0.3 is 15.4 Å². The van der Waals surface area contributed by atoms with Gasteiger partial charge in [0.05, 0.1) is 12.8 Å². The fourth-order valence-corrected chi connectivity index (χ4v) is 2.67. The van der Waals surface area contributed by atoms with Crippen LogP contribution in [0.2, 0.25) is 5.02 Å². The van der Waals surface area contributed by atoms with Gasteiger partial charge in [-0.3, -0.25) is 4.79 Å². The van der Waals surface area contributed by atoms with Crippen LogP contribution in [0, 0.1) is 13.8 Å². The van der Waals surface area contributed by atoms with Crippen LogP contribution in [0.1, 0.15) is 21.6 Å². The molecule has 3 aromatic rings. The number of carbonyl (C=O) groups is 1. The highest BCUT2D eigenvalue weighted by molar-refractivity contribution is 6.31. The Kier molecular flexibility index (Phi) is 5.57. The van der Waals surface area contributed by atoms with Gasteiger partial charge in [-0.1, -0.05) is 23.7 Å². The molecule has 3 rings (SSSR count). The molecule has 7 heteroatoms. The van der Waals surface area contributed by atoms with Crippen LogP contribution in [-0.4, -0.2) is 23.0 Å². The first-order chi connectivity index (χ1) is 13.0. The SMILES string of the molecule is COc1ccc(Cl)cc1Nc1nccc(C(=O)Nc2cc(C)ccc2C)n1. The second kappa shape index (κ2) is 8.05. The summed E-state index contributed by atoms with van der Waals surface area (Å²) >= 11 is 6.04. The zero-order chi connectivity index (χ0) is 19.4. The molecule has 0 saturated heterocycles. The molecule has 0 aliphatic rings. The van der Waals surface area contributed by atoms with E-state index in [1.807, 2.05) is 32.0 Å². The summed E-state index contributed by atoms with van der Waals surface area (Å²) < 4.78 is 5.30. The summed E-state index contributed by atoms with van der Waals surface area (Å²) in [6, 6.07) is 12.6. The minimum absolute atomic E-state index is 0.245. The third-order valence-electron chi connectivity index (χ3n) is 3.94. The lowest BCUT2D eigenvalue weighted by Crippen LogP contribution is -2.15. The van der Waals surface area contributed by atoms with Crippen molar-refractivity contribution in [1.82, 2.24) is 9.97 Å². The number of anilines is 3. The average molecular weight is 383 g/mol. The molecule has 0 atom stereocenters. The standard InChI is InChI=1S/C20H19ClN4O2/c1-12-4-5-13(2)16(10-12)23-19(26)15-8-9-22-20(24-15)25-17-11-14(21)6-7-18(17)27-3/h4-11H,1-3H3,(H,23,26)(H,22,24,25). The number of hydrogen-bond donors (Lipinski definition) is 2. The molecule has 6 nitrogen and oxygen atoms in total. The van der Waals surface area contributed by atoms with E-state index in [4.69, 9.17) is 16.3 Å². The Balaban J connectivity index is 1.82. The second-order valence-corrected chi connectivity index (χ2v) is 6.44. The van der Waals surface area contributed by atoms with Crippen LogP contribution in [0.4, 0.5) is 17.3 Å². The van der Waals surface area contributed by atoms with Gasteiger partial charge in [-0.15, -0.1) is 0 Å². The molecule has 0 aliphatic carbocycles. The van der Waals surface area contributed by atoms with Crippen molar-refractivity contribution in [2.75, 3.05) is 17.7 Å². The number of amides is 1. The number of nitrogens with zero attached hydrogens (tertiary/aromatic N) is 2. The Morgan fingerprint density at radius 3 is 2.67 bits per heavy atom. The van der Waals surface area contributed by atoms with Gasteiger partial charge in [-0.05, 0) is 55.3 Å². The number of halogens is 1. The normalized spacial score (nSPS) is 10.4. The molecule has 0 aliphatic heterocycles. The number of nitrogens with one attached hydrogen (secondary N) is 2. The molecule has 0 bridgehead atoms. The number of methoxy groups -OCH3 is 1. The van der Waals surface area contributed by atoms with E-state index in [-0.39, 0.29) is 17.5 Å². The molecule has 1 heterocycles. The monoisotopic (exact) mass is 382 g/mol. The highest BCUT2D eigenvalue weighted by atomic mass is 35.5. The van der Waals surface area contributed by atoms with E-state index < -0.39 is 0 Å². The van der Waals surface area contributed by atoms with Crippen LogP contribution in [0.5, 0.6) is 5.75 Å². The highest BCUT2D eigenvalue weighted by Gasteiger charge is 2.12. The van der Waals surface area contributed by atoms with Crippen LogP contribution in [0.15, 0.2) is 48.7 Å². The van der Waals surface area contributed by atoms with Gasteiger partial charge in [-0.25, -0.2) is 9.97 Å². The highest BCUT2D eigenvalue weighted by Crippen LogP contribution is 2.29. The number of rotatable bonds is 5. The third-order valence-corrected chi connectivity index (χ3v) is 4.17. The Morgan fingerprint density at radius 2 is 1.89 bits per heavy atom. The lowest BCUT2D eigenvalue weighted by molar-refractivity contribution is 0.102. The van der Waals surface area contributed by atoms with Crippen molar-refractivity contribution in [2.45, 2.75) is 13.8 Å². The zero-order valence-electron chi connectivity index (χ0n) is 15.2. The molecule has 0 fully saturated rings. The van der Waals surface area contributed by atoms with Crippen molar-refractivity contribution in [1.29, 1.82) is 0 Å². The van der Waals surface area contributed by atoms with E-state index in [1.54, 1.807) is 31.4 Å². The number of carbonyl (C=O) groups excluding carboxylic acids is 1. The molecule has 0 saturated carbocycles. The van der Waals surface area contributed by atoms with E-state index in [0.29, 0.717) is 16.5 Å². The molecule has 1 aromatic heterocycles. The molecule has 2 aromatic carbocycles. The van der Waals surface area contributed by atoms with E-state index in [9.17, 15) is 4.79 Å². The number of hydrogen-bond acceptors (Lipinski definition) is 5. The van der Waals surface area contributed by atoms with Crippen LogP contribution in [0.3, 0.4) is 0 Å². The maximum Gasteiger partial charge on any atom is 0.274 e. The van der Waals surface area contributed by atoms with E-state index in [2.05, 4.69) is 20.6 Å². The second-order valence-electron chi connectivity index (χ2n) is 6.01. The number of aryl methyl sites for hydroxylation is 2. The van der Waals surface area contributed by atoms with Crippen LogP contribution in [0.25, 0.3) is 0 Å². The maximum atomic E-state index is 12.6. The number of aromatic nitrogens is 2.